The summed E-state index contributed by atoms with van der Waals surface area (Å²) in [6.45, 7) is 0.280. The molecule has 15 heteroatoms. The lowest BCUT2D eigenvalue weighted by molar-refractivity contribution is -0.138. The molecule has 3 N–H and O–H groups in total. The molecule has 0 unspecified atom stereocenters. The molecule has 1 aromatic carbocycles. The molecule has 1 fully saturated rings. The van der Waals surface area contributed by atoms with E-state index >= 15 is 0 Å². The van der Waals surface area contributed by atoms with Crippen molar-refractivity contribution >= 4 is 28.6 Å². The topological polar surface area (TPSA) is 144 Å². The second kappa shape index (κ2) is 12.5. The van der Waals surface area contributed by atoms with Gasteiger partial charge in [-0.15, -0.1) is 0 Å². The van der Waals surface area contributed by atoms with Crippen LogP contribution in [0.4, 0.5) is 24.8 Å². The van der Waals surface area contributed by atoms with Gasteiger partial charge in [-0.3, -0.25) is 9.78 Å². The minimum absolute atomic E-state index is 0.0509. The lowest BCUT2D eigenvalue weighted by Gasteiger charge is -2.38. The standard InChI is InChI=1S/C31H29F3N8O4/c1-41-26-27(44-2)25(46-24(13-35)21-14-36-10-11-37-21)15-38-28(26)40-30(41)39-20-12-19(31(32,33)34)16-42(29(20)43)22-8-9-23(22)45-17-18-6-4-3-5-7-18/h3-7,10-16,22-23H,8-9,17,35H2,1-2H3,(H,38,39,40)/t22-,23-/m0/s1. The molecule has 1 aliphatic rings. The van der Waals surface area contributed by atoms with Gasteiger partial charge in [0.2, 0.25) is 5.95 Å². The number of imidazole rings is 1. The van der Waals surface area contributed by atoms with Crippen LogP contribution in [0.5, 0.6) is 11.5 Å². The normalized spacial score (nSPS) is 16.7. The Morgan fingerprint density at radius 3 is 2.61 bits per heavy atom. The van der Waals surface area contributed by atoms with Crippen LogP contribution in [-0.2, 0) is 24.6 Å². The van der Waals surface area contributed by atoms with Crippen molar-refractivity contribution in [1.29, 1.82) is 0 Å². The maximum atomic E-state index is 14.1. The monoisotopic (exact) mass is 634 g/mol. The van der Waals surface area contributed by atoms with E-state index in [1.165, 1.54) is 42.7 Å². The number of hydrogen-bond donors (Lipinski definition) is 2. The number of pyridine rings is 2. The molecule has 0 bridgehead atoms. The van der Waals surface area contributed by atoms with Gasteiger partial charge in [-0.05, 0) is 24.5 Å². The SMILES string of the molecule is COc1c(OC(=CN)c2cnccn2)cnc2nc(Nc3cc(C(F)(F)F)cn([C@H]4CC[C@@H]4OCc4ccccc4)c3=O)n(C)c12. The van der Waals surface area contributed by atoms with Crippen LogP contribution >= 0.6 is 0 Å². The molecule has 4 heterocycles. The van der Waals surface area contributed by atoms with Crippen molar-refractivity contribution in [1.82, 2.24) is 29.1 Å². The first kappa shape index (κ1) is 30.6. The highest BCUT2D eigenvalue weighted by Crippen LogP contribution is 2.39. The van der Waals surface area contributed by atoms with E-state index in [0.717, 1.165) is 22.4 Å². The molecule has 0 aliphatic heterocycles. The highest BCUT2D eigenvalue weighted by Gasteiger charge is 2.38. The van der Waals surface area contributed by atoms with E-state index in [-0.39, 0.29) is 41.1 Å². The number of nitrogens with two attached hydrogens (primary N) is 1. The van der Waals surface area contributed by atoms with E-state index < -0.39 is 29.4 Å². The molecular formula is C31H29F3N8O4. The zero-order valence-corrected chi connectivity index (χ0v) is 24.7. The Morgan fingerprint density at radius 1 is 1.15 bits per heavy atom. The first-order chi connectivity index (χ1) is 22.2. The Balaban J connectivity index is 1.33. The Bertz CT molecular complexity index is 1950. The zero-order chi connectivity index (χ0) is 32.4. The Kier molecular flexibility index (Phi) is 8.32. The first-order valence-corrected chi connectivity index (χ1v) is 14.2. The number of methoxy groups -OCH3 is 1. The number of nitrogens with zero attached hydrogens (tertiary/aromatic N) is 6. The second-order valence-corrected chi connectivity index (χ2v) is 10.5. The molecule has 12 nitrogen and oxygen atoms in total. The fraction of sp³-hybridized carbons (Fsp3) is 0.258. The van der Waals surface area contributed by atoms with Gasteiger partial charge in [-0.2, -0.15) is 18.2 Å². The van der Waals surface area contributed by atoms with E-state index in [1.807, 2.05) is 30.3 Å². The molecule has 0 radical (unpaired) electrons. The minimum Gasteiger partial charge on any atom is -0.491 e. The number of hydrogen-bond acceptors (Lipinski definition) is 10. The largest absolute Gasteiger partial charge is 0.491 e. The van der Waals surface area contributed by atoms with Crippen LogP contribution in [0.25, 0.3) is 16.9 Å². The first-order valence-electron chi connectivity index (χ1n) is 14.2. The molecule has 1 saturated carbocycles. The molecule has 6 rings (SSSR count). The zero-order valence-electron chi connectivity index (χ0n) is 24.7. The van der Waals surface area contributed by atoms with Gasteiger partial charge in [0.25, 0.3) is 5.56 Å². The van der Waals surface area contributed by atoms with E-state index in [2.05, 4.69) is 25.3 Å². The number of rotatable bonds is 10. The maximum absolute atomic E-state index is 14.1. The van der Waals surface area contributed by atoms with Crippen molar-refractivity contribution in [3.8, 4) is 11.5 Å². The average Bonchev–Trinajstić information content (AvgIpc) is 3.36. The van der Waals surface area contributed by atoms with Gasteiger partial charge in [0.05, 0.1) is 43.8 Å². The van der Waals surface area contributed by atoms with E-state index in [1.54, 1.807) is 7.05 Å². The summed E-state index contributed by atoms with van der Waals surface area (Å²) in [5, 5.41) is 2.80. The fourth-order valence-corrected chi connectivity index (χ4v) is 5.18. The van der Waals surface area contributed by atoms with Crippen molar-refractivity contribution in [2.24, 2.45) is 12.8 Å². The van der Waals surface area contributed by atoms with Crippen molar-refractivity contribution in [3.63, 3.8) is 0 Å². The number of nitrogens with one attached hydrogen (secondary N) is 1. The third kappa shape index (κ3) is 5.96. The number of anilines is 2. The predicted octanol–water partition coefficient (Wildman–Crippen LogP) is 4.95. The maximum Gasteiger partial charge on any atom is 0.417 e. The number of aromatic nitrogens is 6. The number of benzene rings is 1. The molecule has 4 aromatic heterocycles. The van der Waals surface area contributed by atoms with E-state index in [0.29, 0.717) is 24.1 Å². The molecular weight excluding hydrogens is 605 g/mol. The number of alkyl halides is 3. The van der Waals surface area contributed by atoms with Crippen LogP contribution in [0, 0.1) is 0 Å². The Labute approximate surface area is 260 Å². The summed E-state index contributed by atoms with van der Waals surface area (Å²) in [6.07, 6.45) is 3.83. The molecule has 0 amide bonds. The molecule has 0 spiro atoms. The number of aryl methyl sites for hydroxylation is 1. The van der Waals surface area contributed by atoms with Crippen molar-refractivity contribution in [3.05, 3.63) is 101 Å². The molecule has 46 heavy (non-hydrogen) atoms. The number of ether oxygens (including phenoxy) is 3. The smallest absolute Gasteiger partial charge is 0.417 e. The Morgan fingerprint density at radius 2 is 1.96 bits per heavy atom. The van der Waals surface area contributed by atoms with Gasteiger partial charge in [0.1, 0.15) is 16.9 Å². The van der Waals surface area contributed by atoms with Crippen molar-refractivity contribution in [2.75, 3.05) is 12.4 Å². The van der Waals surface area contributed by atoms with Gasteiger partial charge < -0.3 is 34.4 Å². The lowest BCUT2D eigenvalue weighted by Crippen LogP contribution is -2.41. The highest BCUT2D eigenvalue weighted by atomic mass is 19.4. The number of fused-ring (bicyclic) bond motifs is 1. The Hall–Kier alpha value is -5.44. The summed E-state index contributed by atoms with van der Waals surface area (Å²) in [7, 11) is 3.01. The molecule has 238 valence electrons. The third-order valence-electron chi connectivity index (χ3n) is 7.67. The quantitative estimate of drug-likeness (QED) is 0.203. The van der Waals surface area contributed by atoms with Gasteiger partial charge in [-0.25, -0.2) is 9.97 Å². The molecule has 0 saturated heterocycles. The van der Waals surface area contributed by atoms with E-state index in [4.69, 9.17) is 19.9 Å². The lowest BCUT2D eigenvalue weighted by atomic mass is 9.88. The van der Waals surface area contributed by atoms with Gasteiger partial charge in [0, 0.05) is 31.8 Å². The summed E-state index contributed by atoms with van der Waals surface area (Å²) in [5.74, 6) is 0.611. The summed E-state index contributed by atoms with van der Waals surface area (Å²) in [4.78, 5) is 30.6. The van der Waals surface area contributed by atoms with Gasteiger partial charge >= 0.3 is 6.18 Å². The predicted molar refractivity (Wildman–Crippen MR) is 162 cm³/mol. The fourth-order valence-electron chi connectivity index (χ4n) is 5.18. The molecule has 1 aliphatic carbocycles. The van der Waals surface area contributed by atoms with Crippen LogP contribution < -0.4 is 26.1 Å². The highest BCUT2D eigenvalue weighted by molar-refractivity contribution is 5.85. The summed E-state index contributed by atoms with van der Waals surface area (Å²) >= 11 is 0. The van der Waals surface area contributed by atoms with Crippen molar-refractivity contribution in [2.45, 2.75) is 37.8 Å². The van der Waals surface area contributed by atoms with Crippen molar-refractivity contribution < 1.29 is 27.4 Å². The average molecular weight is 635 g/mol. The van der Waals surface area contributed by atoms with E-state index in [9.17, 15) is 18.0 Å². The number of halogens is 3. The van der Waals surface area contributed by atoms with Crippen LogP contribution in [-0.4, -0.2) is 42.3 Å². The van der Waals surface area contributed by atoms with Gasteiger partial charge in [-0.1, -0.05) is 30.3 Å². The summed E-state index contributed by atoms with van der Waals surface area (Å²) in [6, 6.07) is 9.63. The molecule has 2 atom stereocenters. The van der Waals surface area contributed by atoms with Crippen LogP contribution in [0.15, 0.2) is 78.4 Å². The minimum atomic E-state index is -4.71. The van der Waals surface area contributed by atoms with Crippen LogP contribution in [0.3, 0.4) is 0 Å². The second-order valence-electron chi connectivity index (χ2n) is 10.5. The van der Waals surface area contributed by atoms with Gasteiger partial charge in [0.15, 0.2) is 22.9 Å². The molecule has 5 aromatic rings. The summed E-state index contributed by atoms with van der Waals surface area (Å²) in [5.41, 5.74) is 5.64. The van der Waals surface area contributed by atoms with Crippen LogP contribution in [0.1, 0.15) is 35.7 Å². The third-order valence-corrected chi connectivity index (χ3v) is 7.67. The van der Waals surface area contributed by atoms with Crippen LogP contribution in [0.2, 0.25) is 0 Å². The summed E-state index contributed by atoms with van der Waals surface area (Å²) < 4.78 is 62.4.